The van der Waals surface area contributed by atoms with Crippen LogP contribution in [0.5, 0.6) is 0 Å². The summed E-state index contributed by atoms with van der Waals surface area (Å²) in [6.07, 6.45) is 9.21. The van der Waals surface area contributed by atoms with Crippen LogP contribution in [-0.4, -0.2) is 35.5 Å². The average Bonchev–Trinajstić information content (AvgIpc) is 3.17. The maximum absolute atomic E-state index is 13.3. The van der Waals surface area contributed by atoms with E-state index in [9.17, 15) is 9.90 Å². The largest absolute Gasteiger partial charge is 0.393 e. The van der Waals surface area contributed by atoms with Crippen molar-refractivity contribution in [3.05, 3.63) is 0 Å². The SMILES string of the molecule is C[C@@H]1CC[C@]2(OC1)O[C@@H]1CC3[C@@H]4CC(=O)[C@@H]5C[C@@H](O)CC[C@@]5(C)[C@H]4CC[C@@]3(C)C1[C@@H]2C. The van der Waals surface area contributed by atoms with E-state index in [0.717, 1.165) is 38.7 Å². The molecule has 0 aromatic rings. The molecule has 2 unspecified atom stereocenters. The molecule has 4 saturated carbocycles. The Bertz CT molecular complexity index is 756. The van der Waals surface area contributed by atoms with Crippen molar-refractivity contribution in [1.29, 1.82) is 0 Å². The van der Waals surface area contributed by atoms with E-state index in [4.69, 9.17) is 9.47 Å². The van der Waals surface area contributed by atoms with Crippen molar-refractivity contribution in [2.75, 3.05) is 6.61 Å². The van der Waals surface area contributed by atoms with E-state index < -0.39 is 0 Å². The predicted molar refractivity (Wildman–Crippen MR) is 118 cm³/mol. The number of aliphatic hydroxyl groups is 1. The number of Topliss-reactive ketones (excluding diaryl/α,β-unsaturated/α-hetero) is 1. The minimum atomic E-state index is -0.356. The Labute approximate surface area is 187 Å². The van der Waals surface area contributed by atoms with Crippen LogP contribution in [0.15, 0.2) is 0 Å². The summed E-state index contributed by atoms with van der Waals surface area (Å²) in [6, 6.07) is 0. The molecule has 0 bridgehead atoms. The highest BCUT2D eigenvalue weighted by atomic mass is 16.7. The summed E-state index contributed by atoms with van der Waals surface area (Å²) in [5.41, 5.74) is 0.355. The number of carbonyl (C=O) groups excluding carboxylic acids is 1. The Balaban J connectivity index is 1.28. The molecule has 4 aliphatic carbocycles. The highest BCUT2D eigenvalue weighted by Crippen LogP contribution is 2.71. The molecule has 6 aliphatic rings. The molecular formula is C27H42O4. The second-order valence-corrected chi connectivity index (χ2v) is 13.1. The van der Waals surface area contributed by atoms with E-state index in [-0.39, 0.29) is 28.6 Å². The Morgan fingerprint density at radius 2 is 1.74 bits per heavy atom. The van der Waals surface area contributed by atoms with Crippen molar-refractivity contribution in [3.63, 3.8) is 0 Å². The van der Waals surface area contributed by atoms with Gasteiger partial charge in [0.05, 0.1) is 18.8 Å². The van der Waals surface area contributed by atoms with Gasteiger partial charge < -0.3 is 14.6 Å². The maximum Gasteiger partial charge on any atom is 0.171 e. The molecule has 4 heteroatoms. The molecule has 6 rings (SSSR count). The monoisotopic (exact) mass is 430 g/mol. The van der Waals surface area contributed by atoms with Gasteiger partial charge in [-0.1, -0.05) is 27.7 Å². The van der Waals surface area contributed by atoms with Crippen LogP contribution in [0.1, 0.15) is 85.5 Å². The zero-order valence-corrected chi connectivity index (χ0v) is 19.9. The third-order valence-corrected chi connectivity index (χ3v) is 11.7. The van der Waals surface area contributed by atoms with Crippen LogP contribution >= 0.6 is 0 Å². The number of aliphatic hydroxyl groups excluding tert-OH is 1. The molecule has 2 heterocycles. The number of fused-ring (bicyclic) bond motifs is 7. The van der Waals surface area contributed by atoms with Crippen LogP contribution in [0.2, 0.25) is 0 Å². The van der Waals surface area contributed by atoms with Gasteiger partial charge in [-0.15, -0.1) is 0 Å². The molecule has 0 amide bonds. The zero-order chi connectivity index (χ0) is 21.8. The van der Waals surface area contributed by atoms with Gasteiger partial charge in [-0.05, 0) is 85.4 Å². The fourth-order valence-electron chi connectivity index (χ4n) is 10.0. The summed E-state index contributed by atoms with van der Waals surface area (Å²) in [5, 5.41) is 10.3. The first-order valence-corrected chi connectivity index (χ1v) is 13.2. The lowest BCUT2D eigenvalue weighted by molar-refractivity contribution is -0.273. The lowest BCUT2D eigenvalue weighted by Gasteiger charge is -2.60. The fourth-order valence-corrected chi connectivity index (χ4v) is 10.0. The minimum absolute atomic E-state index is 0.0823. The first kappa shape index (κ1) is 21.1. The lowest BCUT2D eigenvalue weighted by atomic mass is 9.44. The van der Waals surface area contributed by atoms with Crippen molar-refractivity contribution in [2.45, 2.75) is 103 Å². The van der Waals surface area contributed by atoms with Crippen LogP contribution in [0.25, 0.3) is 0 Å². The standard InChI is InChI=1S/C27H42O4/c1-15-5-10-27(30-14-15)16(2)24-23(31-27)13-20-18-12-22(29)21-11-17(28)6-8-25(21,3)19(18)7-9-26(20,24)4/h15-21,23-24,28H,5-14H2,1-4H3/t15-,16+,17+,18-,19+,20?,21+,23-,24?,25+,26-,27+/m1/s1. The number of hydrogen-bond acceptors (Lipinski definition) is 4. The molecule has 0 aromatic heterocycles. The van der Waals surface area contributed by atoms with Crippen LogP contribution in [-0.2, 0) is 14.3 Å². The molecule has 174 valence electrons. The van der Waals surface area contributed by atoms with Gasteiger partial charge in [0.25, 0.3) is 0 Å². The Morgan fingerprint density at radius 3 is 2.48 bits per heavy atom. The van der Waals surface area contributed by atoms with Gasteiger partial charge in [-0.25, -0.2) is 0 Å². The van der Waals surface area contributed by atoms with Crippen molar-refractivity contribution >= 4 is 5.78 Å². The lowest BCUT2D eigenvalue weighted by Crippen LogP contribution is -2.57. The van der Waals surface area contributed by atoms with Crippen LogP contribution in [0.3, 0.4) is 0 Å². The fraction of sp³-hybridized carbons (Fsp3) is 0.963. The van der Waals surface area contributed by atoms with Crippen LogP contribution in [0, 0.1) is 52.3 Å². The third-order valence-electron chi connectivity index (χ3n) is 11.7. The van der Waals surface area contributed by atoms with E-state index in [1.54, 1.807) is 0 Å². The van der Waals surface area contributed by atoms with Gasteiger partial charge in [0.1, 0.15) is 5.78 Å². The average molecular weight is 431 g/mol. The summed E-state index contributed by atoms with van der Waals surface area (Å²) in [6.45, 7) is 10.4. The van der Waals surface area contributed by atoms with E-state index >= 15 is 0 Å². The van der Waals surface area contributed by atoms with Crippen molar-refractivity contribution in [1.82, 2.24) is 0 Å². The van der Waals surface area contributed by atoms with Gasteiger partial charge in [-0.3, -0.25) is 4.79 Å². The molecule has 0 aromatic carbocycles. The topological polar surface area (TPSA) is 55.8 Å². The molecule has 6 fully saturated rings. The molecule has 0 radical (unpaired) electrons. The van der Waals surface area contributed by atoms with Gasteiger partial charge in [0.15, 0.2) is 5.79 Å². The van der Waals surface area contributed by atoms with Gasteiger partial charge in [-0.2, -0.15) is 0 Å². The van der Waals surface area contributed by atoms with Crippen molar-refractivity contribution in [3.8, 4) is 0 Å². The highest BCUT2D eigenvalue weighted by Gasteiger charge is 2.69. The Kier molecular flexibility index (Phi) is 4.62. The smallest absolute Gasteiger partial charge is 0.171 e. The molecule has 2 aliphatic heterocycles. The van der Waals surface area contributed by atoms with Gasteiger partial charge in [0, 0.05) is 24.7 Å². The van der Waals surface area contributed by atoms with E-state index in [1.807, 2.05) is 0 Å². The second kappa shape index (κ2) is 6.79. The summed E-state index contributed by atoms with van der Waals surface area (Å²) in [4.78, 5) is 13.3. The summed E-state index contributed by atoms with van der Waals surface area (Å²) in [5.74, 6) is 3.53. The zero-order valence-electron chi connectivity index (χ0n) is 19.9. The van der Waals surface area contributed by atoms with E-state index in [0.29, 0.717) is 53.8 Å². The van der Waals surface area contributed by atoms with Crippen LogP contribution < -0.4 is 0 Å². The molecule has 1 N–H and O–H groups in total. The predicted octanol–water partition coefficient (Wildman–Crippen LogP) is 4.97. The Hall–Kier alpha value is -0.450. The summed E-state index contributed by atoms with van der Waals surface area (Å²) >= 11 is 0. The third kappa shape index (κ3) is 2.74. The Morgan fingerprint density at radius 1 is 0.968 bits per heavy atom. The molecule has 2 saturated heterocycles. The minimum Gasteiger partial charge on any atom is -0.393 e. The number of ether oxygens (including phenoxy) is 2. The molecule has 1 spiro atoms. The first-order valence-electron chi connectivity index (χ1n) is 13.2. The molecule has 12 atom stereocenters. The number of rotatable bonds is 0. The number of ketones is 1. The molecular weight excluding hydrogens is 388 g/mol. The highest BCUT2D eigenvalue weighted by molar-refractivity contribution is 5.83. The molecule has 4 nitrogen and oxygen atoms in total. The van der Waals surface area contributed by atoms with Crippen molar-refractivity contribution < 1.29 is 19.4 Å². The van der Waals surface area contributed by atoms with E-state index in [2.05, 4.69) is 27.7 Å². The normalized spacial score (nSPS) is 60.9. The second-order valence-electron chi connectivity index (χ2n) is 13.1. The number of hydrogen-bond donors (Lipinski definition) is 1. The quantitative estimate of drug-likeness (QED) is 0.589. The number of carbonyl (C=O) groups is 1. The van der Waals surface area contributed by atoms with Crippen molar-refractivity contribution in [2.24, 2.45) is 52.3 Å². The first-order chi connectivity index (χ1) is 14.7. The van der Waals surface area contributed by atoms with Gasteiger partial charge in [0.2, 0.25) is 0 Å². The van der Waals surface area contributed by atoms with Crippen LogP contribution in [0.4, 0.5) is 0 Å². The summed E-state index contributed by atoms with van der Waals surface area (Å²) in [7, 11) is 0. The molecule has 31 heavy (non-hydrogen) atoms. The maximum atomic E-state index is 13.3. The van der Waals surface area contributed by atoms with Gasteiger partial charge >= 0.3 is 0 Å². The van der Waals surface area contributed by atoms with E-state index in [1.165, 1.54) is 19.3 Å². The summed E-state index contributed by atoms with van der Waals surface area (Å²) < 4.78 is 13.3.